The van der Waals surface area contributed by atoms with E-state index in [-0.39, 0.29) is 11.6 Å². The van der Waals surface area contributed by atoms with E-state index >= 15 is 0 Å². The second-order valence-electron chi connectivity index (χ2n) is 6.38. The van der Waals surface area contributed by atoms with Gasteiger partial charge in [-0.2, -0.15) is 0 Å². The average Bonchev–Trinajstić information content (AvgIpc) is 2.68. The fourth-order valence-electron chi connectivity index (χ4n) is 2.57. The first-order valence-corrected chi connectivity index (χ1v) is 8.91. The van der Waals surface area contributed by atoms with E-state index in [1.54, 1.807) is 19.2 Å². The van der Waals surface area contributed by atoms with E-state index in [1.165, 1.54) is 24.8 Å². The third-order valence-corrected chi connectivity index (χ3v) is 3.91. The molecular formula is C22H24N2O4. The van der Waals surface area contributed by atoms with Gasteiger partial charge in [0.2, 0.25) is 5.91 Å². The topological polar surface area (TPSA) is 75.7 Å². The quantitative estimate of drug-likeness (QED) is 0.592. The fraction of sp³-hybridized carbons (Fsp3) is 0.227. The summed E-state index contributed by atoms with van der Waals surface area (Å²) in [6, 6.07) is 18.6. The van der Waals surface area contributed by atoms with Crippen LogP contribution in [-0.2, 0) is 25.7 Å². The molecule has 1 N–H and O–H groups in total. The van der Waals surface area contributed by atoms with Crippen molar-refractivity contribution in [3.63, 3.8) is 0 Å². The lowest BCUT2D eigenvalue weighted by Gasteiger charge is -2.22. The zero-order valence-electron chi connectivity index (χ0n) is 16.2. The van der Waals surface area contributed by atoms with Crippen LogP contribution >= 0.6 is 0 Å². The molecule has 0 aliphatic heterocycles. The number of esters is 1. The van der Waals surface area contributed by atoms with Crippen molar-refractivity contribution in [2.75, 3.05) is 7.05 Å². The average molecular weight is 380 g/mol. The Labute approximate surface area is 164 Å². The Morgan fingerprint density at radius 2 is 1.61 bits per heavy atom. The van der Waals surface area contributed by atoms with Gasteiger partial charge in [0, 0.05) is 20.5 Å². The standard InChI is InChI=1S/C22H24N2O4/c1-16(21(26)24(3)15-19-12-8-5-9-13-19)28-22(27)20(23-17(2)25)14-18-10-6-4-7-11-18/h4-14,16H,15H2,1-3H3,(H,23,25)/b20-14-/t16-/m0/s1. The number of rotatable bonds is 7. The SMILES string of the molecule is CC(=O)N/C(=C\c1ccccc1)C(=O)O[C@@H](C)C(=O)N(C)Cc1ccccc1. The van der Waals surface area contributed by atoms with Crippen LogP contribution in [0.15, 0.2) is 66.4 Å². The number of carbonyl (C=O) groups is 3. The minimum atomic E-state index is -0.992. The predicted molar refractivity (Wildman–Crippen MR) is 107 cm³/mol. The second-order valence-corrected chi connectivity index (χ2v) is 6.38. The van der Waals surface area contributed by atoms with Crippen LogP contribution in [0.5, 0.6) is 0 Å². The second kappa shape index (κ2) is 10.1. The van der Waals surface area contributed by atoms with Gasteiger partial charge in [-0.15, -0.1) is 0 Å². The van der Waals surface area contributed by atoms with E-state index in [4.69, 9.17) is 4.74 Å². The van der Waals surface area contributed by atoms with E-state index in [2.05, 4.69) is 5.32 Å². The minimum absolute atomic E-state index is 0.0240. The van der Waals surface area contributed by atoms with Crippen molar-refractivity contribution < 1.29 is 19.1 Å². The first-order valence-electron chi connectivity index (χ1n) is 8.91. The van der Waals surface area contributed by atoms with E-state index < -0.39 is 18.0 Å². The Balaban J connectivity index is 2.05. The molecule has 0 aliphatic carbocycles. The summed E-state index contributed by atoms with van der Waals surface area (Å²) in [4.78, 5) is 38.0. The lowest BCUT2D eigenvalue weighted by atomic mass is 10.2. The van der Waals surface area contributed by atoms with Crippen LogP contribution in [0.25, 0.3) is 6.08 Å². The van der Waals surface area contributed by atoms with Crippen molar-refractivity contribution in [3.05, 3.63) is 77.5 Å². The van der Waals surface area contributed by atoms with Crippen LogP contribution in [-0.4, -0.2) is 35.8 Å². The van der Waals surface area contributed by atoms with Crippen LogP contribution < -0.4 is 5.32 Å². The number of carbonyl (C=O) groups excluding carboxylic acids is 3. The number of hydrogen-bond acceptors (Lipinski definition) is 4. The third-order valence-electron chi connectivity index (χ3n) is 3.91. The molecule has 2 aromatic carbocycles. The van der Waals surface area contributed by atoms with Crippen LogP contribution in [0.1, 0.15) is 25.0 Å². The van der Waals surface area contributed by atoms with Crippen LogP contribution in [0, 0.1) is 0 Å². The third kappa shape index (κ3) is 6.39. The van der Waals surface area contributed by atoms with E-state index in [0.717, 1.165) is 11.1 Å². The molecule has 0 spiro atoms. The number of nitrogens with one attached hydrogen (secondary N) is 1. The van der Waals surface area contributed by atoms with Gasteiger partial charge in [0.15, 0.2) is 6.10 Å². The molecule has 0 heterocycles. The summed E-state index contributed by atoms with van der Waals surface area (Å²) in [6.07, 6.45) is 0.517. The first-order chi connectivity index (χ1) is 13.4. The van der Waals surface area contributed by atoms with E-state index in [1.807, 2.05) is 48.5 Å². The normalized spacial score (nSPS) is 12.0. The van der Waals surface area contributed by atoms with Crippen molar-refractivity contribution in [2.24, 2.45) is 0 Å². The molecule has 6 heteroatoms. The Kier molecular flexibility index (Phi) is 7.51. The van der Waals surface area contributed by atoms with Crippen LogP contribution in [0.4, 0.5) is 0 Å². The highest BCUT2D eigenvalue weighted by Crippen LogP contribution is 2.10. The molecule has 0 fully saturated rings. The van der Waals surface area contributed by atoms with Gasteiger partial charge >= 0.3 is 5.97 Å². The zero-order valence-corrected chi connectivity index (χ0v) is 16.2. The van der Waals surface area contributed by atoms with Gasteiger partial charge < -0.3 is 15.0 Å². The maximum atomic E-state index is 12.5. The molecule has 2 amide bonds. The molecule has 0 saturated carbocycles. The van der Waals surface area contributed by atoms with Crippen molar-refractivity contribution in [3.8, 4) is 0 Å². The minimum Gasteiger partial charge on any atom is -0.448 e. The Bertz CT molecular complexity index is 847. The molecule has 28 heavy (non-hydrogen) atoms. The maximum absolute atomic E-state index is 12.5. The molecule has 2 aromatic rings. The summed E-state index contributed by atoms with van der Waals surface area (Å²) in [5.74, 6) is -1.51. The lowest BCUT2D eigenvalue weighted by Crippen LogP contribution is -2.38. The molecule has 0 saturated heterocycles. The van der Waals surface area contributed by atoms with Crippen molar-refractivity contribution in [1.29, 1.82) is 0 Å². The van der Waals surface area contributed by atoms with Gasteiger partial charge in [-0.3, -0.25) is 9.59 Å². The summed E-state index contributed by atoms with van der Waals surface area (Å²) in [7, 11) is 1.65. The van der Waals surface area contributed by atoms with Gasteiger partial charge in [-0.1, -0.05) is 60.7 Å². The molecular weight excluding hydrogens is 356 g/mol. The number of amides is 2. The Hall–Kier alpha value is -3.41. The Morgan fingerprint density at radius 3 is 2.18 bits per heavy atom. The highest BCUT2D eigenvalue weighted by Gasteiger charge is 2.24. The number of likely N-dealkylation sites (N-methyl/N-ethyl adjacent to an activating group) is 1. The smallest absolute Gasteiger partial charge is 0.355 e. The summed E-state index contributed by atoms with van der Waals surface area (Å²) < 4.78 is 5.29. The first kappa shape index (κ1) is 20.9. The predicted octanol–water partition coefficient (Wildman–Crippen LogP) is 2.75. The number of ether oxygens (including phenoxy) is 1. The van der Waals surface area contributed by atoms with Gasteiger partial charge in [-0.05, 0) is 24.1 Å². The number of hydrogen-bond donors (Lipinski definition) is 1. The molecule has 0 unspecified atom stereocenters. The lowest BCUT2D eigenvalue weighted by molar-refractivity contribution is -0.156. The molecule has 0 bridgehead atoms. The molecule has 6 nitrogen and oxygen atoms in total. The zero-order chi connectivity index (χ0) is 20.5. The summed E-state index contributed by atoms with van der Waals surface area (Å²) in [6.45, 7) is 3.21. The highest BCUT2D eigenvalue weighted by molar-refractivity contribution is 5.98. The maximum Gasteiger partial charge on any atom is 0.355 e. The van der Waals surface area contributed by atoms with Gasteiger partial charge in [-0.25, -0.2) is 4.79 Å². The Morgan fingerprint density at radius 1 is 1.04 bits per heavy atom. The molecule has 0 aromatic heterocycles. The molecule has 0 aliphatic rings. The summed E-state index contributed by atoms with van der Waals surface area (Å²) >= 11 is 0. The molecule has 1 atom stereocenters. The van der Waals surface area contributed by atoms with Crippen LogP contribution in [0.2, 0.25) is 0 Å². The summed E-state index contributed by atoms with van der Waals surface area (Å²) in [5, 5.41) is 2.46. The van der Waals surface area contributed by atoms with Crippen molar-refractivity contribution in [2.45, 2.75) is 26.5 Å². The van der Waals surface area contributed by atoms with Crippen molar-refractivity contribution >= 4 is 23.9 Å². The van der Waals surface area contributed by atoms with Gasteiger partial charge in [0.05, 0.1) is 0 Å². The molecule has 2 rings (SSSR count). The monoisotopic (exact) mass is 380 g/mol. The highest BCUT2D eigenvalue weighted by atomic mass is 16.5. The largest absolute Gasteiger partial charge is 0.448 e. The number of nitrogens with zero attached hydrogens (tertiary/aromatic N) is 1. The fourth-order valence-corrected chi connectivity index (χ4v) is 2.57. The van der Waals surface area contributed by atoms with Crippen LogP contribution in [0.3, 0.4) is 0 Å². The van der Waals surface area contributed by atoms with Crippen molar-refractivity contribution in [1.82, 2.24) is 10.2 Å². The molecule has 0 radical (unpaired) electrons. The van der Waals surface area contributed by atoms with E-state index in [0.29, 0.717) is 6.54 Å². The molecule has 146 valence electrons. The van der Waals surface area contributed by atoms with Gasteiger partial charge in [0.25, 0.3) is 5.91 Å². The number of benzene rings is 2. The summed E-state index contributed by atoms with van der Waals surface area (Å²) in [5.41, 5.74) is 1.67. The van der Waals surface area contributed by atoms with Gasteiger partial charge in [0.1, 0.15) is 5.70 Å². The van der Waals surface area contributed by atoms with E-state index in [9.17, 15) is 14.4 Å².